The third-order valence-corrected chi connectivity index (χ3v) is 2.70. The summed E-state index contributed by atoms with van der Waals surface area (Å²) in [4.78, 5) is 0. The third kappa shape index (κ3) is 2.89. The summed E-state index contributed by atoms with van der Waals surface area (Å²) in [6, 6.07) is 10.3. The van der Waals surface area contributed by atoms with E-state index in [9.17, 15) is 0 Å². The molecule has 2 aromatic rings. The van der Waals surface area contributed by atoms with E-state index in [1.165, 1.54) is 0 Å². The van der Waals surface area contributed by atoms with Crippen LogP contribution in [0.3, 0.4) is 0 Å². The van der Waals surface area contributed by atoms with Gasteiger partial charge in [0.05, 0.1) is 25.1 Å². The smallest absolute Gasteiger partial charge is 0.169 e. The van der Waals surface area contributed by atoms with Crippen LogP contribution in [0.25, 0.3) is 0 Å². The van der Waals surface area contributed by atoms with Crippen LogP contribution in [-0.4, -0.2) is 12.2 Å². The lowest BCUT2D eigenvalue weighted by atomic mass is 10.2. The quantitative estimate of drug-likeness (QED) is 0.733. The Morgan fingerprint density at radius 1 is 1.00 bits per heavy atom. The van der Waals surface area contributed by atoms with Gasteiger partial charge in [-0.05, 0) is 29.8 Å². The normalized spacial score (nSPS) is 10.2. The molecular weight excluding hydrogens is 244 g/mol. The minimum atomic E-state index is -0.0501. The topological polar surface area (TPSA) is 90.7 Å². The second-order valence-electron chi connectivity index (χ2n) is 4.04. The zero-order valence-corrected chi connectivity index (χ0v) is 10.6. The number of hydrogen-bond donors (Lipinski definition) is 3. The number of rotatable bonds is 4. The van der Waals surface area contributed by atoms with Crippen LogP contribution in [0, 0.1) is 0 Å². The van der Waals surface area contributed by atoms with Crippen LogP contribution in [0.4, 0.5) is 11.4 Å². The maximum atomic E-state index is 9.08. The number of ether oxygens (including phenoxy) is 2. The molecule has 0 aliphatic heterocycles. The molecule has 0 amide bonds. The van der Waals surface area contributed by atoms with Gasteiger partial charge < -0.3 is 26.0 Å². The molecule has 5 heteroatoms. The molecule has 0 bridgehead atoms. The van der Waals surface area contributed by atoms with Crippen LogP contribution in [0.15, 0.2) is 36.4 Å². The van der Waals surface area contributed by atoms with E-state index in [4.69, 9.17) is 26.0 Å². The van der Waals surface area contributed by atoms with E-state index < -0.39 is 0 Å². The van der Waals surface area contributed by atoms with Crippen molar-refractivity contribution in [3.8, 4) is 17.2 Å². The van der Waals surface area contributed by atoms with E-state index >= 15 is 0 Å². The predicted molar refractivity (Wildman–Crippen MR) is 74.3 cm³/mol. The summed E-state index contributed by atoms with van der Waals surface area (Å²) in [5.41, 5.74) is 13.1. The van der Waals surface area contributed by atoms with Crippen molar-refractivity contribution < 1.29 is 14.6 Å². The third-order valence-electron chi connectivity index (χ3n) is 2.70. The highest BCUT2D eigenvalue weighted by Crippen LogP contribution is 2.33. The lowest BCUT2D eigenvalue weighted by molar-refractivity contribution is 0.280. The molecule has 0 saturated heterocycles. The highest BCUT2D eigenvalue weighted by molar-refractivity contribution is 5.65. The van der Waals surface area contributed by atoms with Crippen molar-refractivity contribution in [2.45, 2.75) is 6.61 Å². The molecule has 0 heterocycles. The van der Waals surface area contributed by atoms with E-state index in [0.717, 1.165) is 5.56 Å². The zero-order valence-electron chi connectivity index (χ0n) is 10.6. The Bertz CT molecular complexity index is 585. The molecule has 0 spiro atoms. The largest absolute Gasteiger partial charge is 0.493 e. The Kier molecular flexibility index (Phi) is 3.77. The number of nitrogen functional groups attached to an aromatic ring is 2. The summed E-state index contributed by atoms with van der Waals surface area (Å²) < 4.78 is 10.9. The Hall–Kier alpha value is -2.40. The molecule has 5 N–H and O–H groups in total. The lowest BCUT2D eigenvalue weighted by Crippen LogP contribution is -1.96. The van der Waals surface area contributed by atoms with Crippen molar-refractivity contribution >= 4 is 11.4 Å². The standard InChI is InChI=1S/C14H16N2O3/c1-18-14-6-9(8-17)2-5-13(14)19-10-3-4-11(15)12(16)7-10/h2-7,17H,8,15-16H2,1H3. The fraction of sp³-hybridized carbons (Fsp3) is 0.143. The van der Waals surface area contributed by atoms with Crippen LogP contribution < -0.4 is 20.9 Å². The number of methoxy groups -OCH3 is 1. The Labute approximate surface area is 111 Å². The zero-order chi connectivity index (χ0) is 13.8. The van der Waals surface area contributed by atoms with Crippen LogP contribution in [0.2, 0.25) is 0 Å². The highest BCUT2D eigenvalue weighted by Gasteiger charge is 2.07. The summed E-state index contributed by atoms with van der Waals surface area (Å²) in [6.45, 7) is -0.0501. The van der Waals surface area contributed by atoms with Gasteiger partial charge in [-0.1, -0.05) is 6.07 Å². The van der Waals surface area contributed by atoms with E-state index in [-0.39, 0.29) is 6.61 Å². The maximum absolute atomic E-state index is 9.08. The SMILES string of the molecule is COc1cc(CO)ccc1Oc1ccc(N)c(N)c1. The molecule has 0 aromatic heterocycles. The highest BCUT2D eigenvalue weighted by atomic mass is 16.5. The van der Waals surface area contributed by atoms with Crippen molar-refractivity contribution in [2.75, 3.05) is 18.6 Å². The van der Waals surface area contributed by atoms with Crippen LogP contribution in [-0.2, 0) is 6.61 Å². The molecule has 0 atom stereocenters. The molecule has 0 aliphatic rings. The molecule has 2 aromatic carbocycles. The molecule has 0 radical (unpaired) electrons. The van der Waals surface area contributed by atoms with E-state index in [1.54, 1.807) is 43.5 Å². The molecule has 0 unspecified atom stereocenters. The van der Waals surface area contributed by atoms with Crippen molar-refractivity contribution in [1.29, 1.82) is 0 Å². The summed E-state index contributed by atoms with van der Waals surface area (Å²) in [6.07, 6.45) is 0. The Balaban J connectivity index is 2.29. The molecule has 0 fully saturated rings. The first-order chi connectivity index (χ1) is 9.13. The number of benzene rings is 2. The Morgan fingerprint density at radius 3 is 2.42 bits per heavy atom. The number of hydrogen-bond acceptors (Lipinski definition) is 5. The average molecular weight is 260 g/mol. The molecule has 0 aliphatic carbocycles. The van der Waals surface area contributed by atoms with E-state index in [1.807, 2.05) is 0 Å². The van der Waals surface area contributed by atoms with Crippen molar-refractivity contribution in [3.05, 3.63) is 42.0 Å². The van der Waals surface area contributed by atoms with Gasteiger partial charge in [0.1, 0.15) is 5.75 Å². The number of nitrogens with two attached hydrogens (primary N) is 2. The molecule has 5 nitrogen and oxygen atoms in total. The molecular formula is C14H16N2O3. The first kappa shape index (κ1) is 13.0. The lowest BCUT2D eigenvalue weighted by Gasteiger charge is -2.12. The molecule has 2 rings (SSSR count). The first-order valence-electron chi connectivity index (χ1n) is 5.74. The summed E-state index contributed by atoms with van der Waals surface area (Å²) in [5.74, 6) is 1.66. The van der Waals surface area contributed by atoms with Crippen molar-refractivity contribution in [2.24, 2.45) is 0 Å². The first-order valence-corrected chi connectivity index (χ1v) is 5.74. The summed E-state index contributed by atoms with van der Waals surface area (Å²) in [5, 5.41) is 9.08. The van der Waals surface area contributed by atoms with Crippen LogP contribution in [0.1, 0.15) is 5.56 Å². The van der Waals surface area contributed by atoms with Crippen LogP contribution in [0.5, 0.6) is 17.2 Å². The van der Waals surface area contributed by atoms with E-state index in [0.29, 0.717) is 28.6 Å². The minimum absolute atomic E-state index is 0.0501. The maximum Gasteiger partial charge on any atom is 0.169 e. The van der Waals surface area contributed by atoms with Gasteiger partial charge in [-0.25, -0.2) is 0 Å². The van der Waals surface area contributed by atoms with Gasteiger partial charge in [0.2, 0.25) is 0 Å². The van der Waals surface area contributed by atoms with Gasteiger partial charge in [-0.2, -0.15) is 0 Å². The number of aliphatic hydroxyl groups excluding tert-OH is 1. The minimum Gasteiger partial charge on any atom is -0.493 e. The van der Waals surface area contributed by atoms with Gasteiger partial charge in [0.25, 0.3) is 0 Å². The van der Waals surface area contributed by atoms with E-state index in [2.05, 4.69) is 0 Å². The van der Waals surface area contributed by atoms with Crippen molar-refractivity contribution in [3.63, 3.8) is 0 Å². The second kappa shape index (κ2) is 5.49. The average Bonchev–Trinajstić information content (AvgIpc) is 2.43. The van der Waals surface area contributed by atoms with Gasteiger partial charge in [-0.15, -0.1) is 0 Å². The van der Waals surface area contributed by atoms with Gasteiger partial charge in [0, 0.05) is 6.07 Å². The summed E-state index contributed by atoms with van der Waals surface area (Å²) >= 11 is 0. The van der Waals surface area contributed by atoms with Gasteiger partial charge in [-0.3, -0.25) is 0 Å². The summed E-state index contributed by atoms with van der Waals surface area (Å²) in [7, 11) is 1.54. The Morgan fingerprint density at radius 2 is 1.79 bits per heavy atom. The van der Waals surface area contributed by atoms with Gasteiger partial charge in [0.15, 0.2) is 11.5 Å². The number of anilines is 2. The molecule has 0 saturated carbocycles. The van der Waals surface area contributed by atoms with Crippen molar-refractivity contribution in [1.82, 2.24) is 0 Å². The van der Waals surface area contributed by atoms with Crippen LogP contribution >= 0.6 is 0 Å². The second-order valence-corrected chi connectivity index (χ2v) is 4.04. The fourth-order valence-corrected chi connectivity index (χ4v) is 1.64. The predicted octanol–water partition coefficient (Wildman–Crippen LogP) is 2.14. The molecule has 100 valence electrons. The molecule has 19 heavy (non-hydrogen) atoms. The number of aliphatic hydroxyl groups is 1. The monoisotopic (exact) mass is 260 g/mol. The van der Waals surface area contributed by atoms with Gasteiger partial charge >= 0.3 is 0 Å². The fourth-order valence-electron chi connectivity index (χ4n) is 1.64.